The molecule has 2 aromatic heterocycles. The molecule has 0 aromatic carbocycles. The van der Waals surface area contributed by atoms with Gasteiger partial charge in [0, 0.05) is 18.1 Å². The maximum atomic E-state index is 12.1. The molecular weight excluding hydrogens is 304 g/mol. The third-order valence-corrected chi connectivity index (χ3v) is 3.92. The van der Waals surface area contributed by atoms with Crippen molar-refractivity contribution in [2.45, 2.75) is 25.5 Å². The molecule has 3 rings (SSSR count). The highest BCUT2D eigenvalue weighted by atomic mass is 16.6. The highest BCUT2D eigenvalue weighted by Crippen LogP contribution is 2.31. The fraction of sp³-hybridized carbons (Fsp3) is 0.429. The molecule has 0 saturated carbocycles. The molecular formula is C14H16N4O5. The minimum Gasteiger partial charge on any atom is -0.464 e. The van der Waals surface area contributed by atoms with Crippen LogP contribution in [0.1, 0.15) is 23.3 Å². The van der Waals surface area contributed by atoms with Crippen LogP contribution in [0.15, 0.2) is 12.3 Å². The van der Waals surface area contributed by atoms with Crippen molar-refractivity contribution < 1.29 is 19.2 Å². The third-order valence-electron chi connectivity index (χ3n) is 3.92. The van der Waals surface area contributed by atoms with Gasteiger partial charge in [0.2, 0.25) is 0 Å². The standard InChI is InChI=1S/C14H16N4O5/c1-22-14(19)12-11(15)10-5-8(18(20)21)6-16-13(10)17(12)7-9-3-2-4-23-9/h5-6,9H,2-4,7,15H2,1H3. The van der Waals surface area contributed by atoms with Crippen LogP contribution in [0.5, 0.6) is 0 Å². The van der Waals surface area contributed by atoms with Crippen LogP contribution in [0.3, 0.4) is 0 Å². The van der Waals surface area contributed by atoms with Crippen LogP contribution in [0.25, 0.3) is 11.0 Å². The second-order valence-electron chi connectivity index (χ2n) is 5.32. The van der Waals surface area contributed by atoms with Gasteiger partial charge in [-0.05, 0) is 12.8 Å². The van der Waals surface area contributed by atoms with Crippen molar-refractivity contribution in [3.8, 4) is 0 Å². The molecule has 2 N–H and O–H groups in total. The second kappa shape index (κ2) is 5.84. The van der Waals surface area contributed by atoms with Gasteiger partial charge in [0.05, 0.1) is 30.4 Å². The molecule has 1 aliphatic rings. The van der Waals surface area contributed by atoms with E-state index in [1.54, 1.807) is 4.57 Å². The van der Waals surface area contributed by atoms with Crippen molar-refractivity contribution in [1.29, 1.82) is 0 Å². The lowest BCUT2D eigenvalue weighted by Crippen LogP contribution is -2.20. The number of aromatic nitrogens is 2. The fourth-order valence-corrected chi connectivity index (χ4v) is 2.83. The zero-order chi connectivity index (χ0) is 16.6. The number of esters is 1. The Balaban J connectivity index is 2.17. The van der Waals surface area contributed by atoms with Gasteiger partial charge in [-0.25, -0.2) is 9.78 Å². The predicted molar refractivity (Wildman–Crippen MR) is 81.1 cm³/mol. The Hall–Kier alpha value is -2.68. The first-order chi connectivity index (χ1) is 11.0. The zero-order valence-electron chi connectivity index (χ0n) is 12.5. The summed E-state index contributed by atoms with van der Waals surface area (Å²) in [6, 6.07) is 1.32. The lowest BCUT2D eigenvalue weighted by atomic mass is 10.2. The number of hydrogen-bond acceptors (Lipinski definition) is 7. The molecule has 1 aliphatic heterocycles. The first-order valence-electron chi connectivity index (χ1n) is 7.15. The summed E-state index contributed by atoms with van der Waals surface area (Å²) >= 11 is 0. The smallest absolute Gasteiger partial charge is 0.356 e. The van der Waals surface area contributed by atoms with Crippen LogP contribution < -0.4 is 5.73 Å². The minimum atomic E-state index is -0.610. The highest BCUT2D eigenvalue weighted by Gasteiger charge is 2.27. The van der Waals surface area contributed by atoms with Gasteiger partial charge in [-0.2, -0.15) is 0 Å². The summed E-state index contributed by atoms with van der Waals surface area (Å²) in [5.74, 6) is -0.610. The van der Waals surface area contributed by atoms with Crippen LogP contribution in [0.2, 0.25) is 0 Å². The summed E-state index contributed by atoms with van der Waals surface area (Å²) in [7, 11) is 1.26. The molecule has 0 aliphatic carbocycles. The zero-order valence-corrected chi connectivity index (χ0v) is 12.5. The van der Waals surface area contributed by atoms with E-state index in [4.69, 9.17) is 15.2 Å². The normalized spacial score (nSPS) is 17.5. The number of nitro groups is 1. The SMILES string of the molecule is COC(=O)c1c(N)c2cc([N+](=O)[O-])cnc2n1CC1CCCO1. The van der Waals surface area contributed by atoms with Gasteiger partial charge < -0.3 is 19.8 Å². The number of nitrogens with two attached hydrogens (primary N) is 1. The Kier molecular flexibility index (Phi) is 3.87. The number of hydrogen-bond donors (Lipinski definition) is 1. The number of ether oxygens (including phenoxy) is 2. The van der Waals surface area contributed by atoms with E-state index < -0.39 is 10.9 Å². The number of anilines is 1. The Morgan fingerprint density at radius 3 is 3.04 bits per heavy atom. The number of carbonyl (C=O) groups excluding carboxylic acids is 1. The maximum absolute atomic E-state index is 12.1. The van der Waals surface area contributed by atoms with Crippen molar-refractivity contribution >= 4 is 28.4 Å². The van der Waals surface area contributed by atoms with E-state index >= 15 is 0 Å². The third kappa shape index (κ3) is 2.59. The van der Waals surface area contributed by atoms with E-state index in [-0.39, 0.29) is 23.2 Å². The van der Waals surface area contributed by atoms with Crippen molar-refractivity contribution in [1.82, 2.24) is 9.55 Å². The number of pyridine rings is 1. The molecule has 9 heteroatoms. The lowest BCUT2D eigenvalue weighted by molar-refractivity contribution is -0.385. The quantitative estimate of drug-likeness (QED) is 0.514. The van der Waals surface area contributed by atoms with Gasteiger partial charge in [-0.1, -0.05) is 0 Å². The lowest BCUT2D eigenvalue weighted by Gasteiger charge is -2.13. The van der Waals surface area contributed by atoms with Gasteiger partial charge in [0.15, 0.2) is 5.69 Å². The average molecular weight is 320 g/mol. The first-order valence-corrected chi connectivity index (χ1v) is 7.15. The molecule has 0 radical (unpaired) electrons. The van der Waals surface area contributed by atoms with E-state index in [1.807, 2.05) is 0 Å². The second-order valence-corrected chi connectivity index (χ2v) is 5.32. The van der Waals surface area contributed by atoms with Gasteiger partial charge in [-0.15, -0.1) is 0 Å². The van der Waals surface area contributed by atoms with Gasteiger partial charge in [-0.3, -0.25) is 10.1 Å². The predicted octanol–water partition coefficient (Wildman–Crippen LogP) is 1.49. The number of rotatable bonds is 4. The molecule has 0 amide bonds. The van der Waals surface area contributed by atoms with E-state index in [0.29, 0.717) is 24.2 Å². The Labute approximate surface area is 131 Å². The Morgan fingerprint density at radius 1 is 1.65 bits per heavy atom. The molecule has 0 bridgehead atoms. The van der Waals surface area contributed by atoms with Gasteiger partial charge >= 0.3 is 5.97 Å². The molecule has 23 heavy (non-hydrogen) atoms. The molecule has 3 heterocycles. The number of nitrogen functional groups attached to an aromatic ring is 1. The molecule has 9 nitrogen and oxygen atoms in total. The van der Waals surface area contributed by atoms with Crippen LogP contribution in [-0.2, 0) is 16.0 Å². The molecule has 122 valence electrons. The number of carbonyl (C=O) groups is 1. The molecule has 1 fully saturated rings. The van der Waals surface area contributed by atoms with E-state index in [0.717, 1.165) is 19.0 Å². The topological polar surface area (TPSA) is 123 Å². The summed E-state index contributed by atoms with van der Waals surface area (Å²) in [4.78, 5) is 26.6. The molecule has 1 atom stereocenters. The number of fused-ring (bicyclic) bond motifs is 1. The first kappa shape index (κ1) is 15.2. The van der Waals surface area contributed by atoms with Crippen LogP contribution >= 0.6 is 0 Å². The van der Waals surface area contributed by atoms with Crippen molar-refractivity contribution in [2.24, 2.45) is 0 Å². The monoisotopic (exact) mass is 320 g/mol. The largest absolute Gasteiger partial charge is 0.464 e. The average Bonchev–Trinajstić information content (AvgIpc) is 3.14. The van der Waals surface area contributed by atoms with Crippen LogP contribution in [-0.4, -0.2) is 40.3 Å². The van der Waals surface area contributed by atoms with Crippen LogP contribution in [0, 0.1) is 10.1 Å². The summed E-state index contributed by atoms with van der Waals surface area (Å²) in [5, 5.41) is 11.3. The summed E-state index contributed by atoms with van der Waals surface area (Å²) < 4.78 is 12.0. The highest BCUT2D eigenvalue weighted by molar-refractivity contribution is 6.05. The molecule has 1 saturated heterocycles. The van der Waals surface area contributed by atoms with E-state index in [2.05, 4.69) is 4.98 Å². The summed E-state index contributed by atoms with van der Waals surface area (Å²) in [6.45, 7) is 1.06. The molecule has 2 aromatic rings. The van der Waals surface area contributed by atoms with Crippen molar-refractivity contribution in [2.75, 3.05) is 19.5 Å². The molecule has 0 spiro atoms. The Bertz CT molecular complexity index is 779. The summed E-state index contributed by atoms with van der Waals surface area (Å²) in [5.41, 5.74) is 6.53. The van der Waals surface area contributed by atoms with Crippen molar-refractivity contribution in [3.63, 3.8) is 0 Å². The Morgan fingerprint density at radius 2 is 2.43 bits per heavy atom. The van der Waals surface area contributed by atoms with Gasteiger partial charge in [0.1, 0.15) is 11.8 Å². The number of methoxy groups -OCH3 is 1. The van der Waals surface area contributed by atoms with Crippen molar-refractivity contribution in [3.05, 3.63) is 28.1 Å². The van der Waals surface area contributed by atoms with E-state index in [1.165, 1.54) is 13.2 Å². The van der Waals surface area contributed by atoms with Gasteiger partial charge in [0.25, 0.3) is 5.69 Å². The van der Waals surface area contributed by atoms with Crippen LogP contribution in [0.4, 0.5) is 11.4 Å². The van der Waals surface area contributed by atoms with E-state index in [9.17, 15) is 14.9 Å². The maximum Gasteiger partial charge on any atom is 0.356 e. The number of nitrogens with zero attached hydrogens (tertiary/aromatic N) is 3. The molecule has 1 unspecified atom stereocenters. The minimum absolute atomic E-state index is 0.0506. The fourth-order valence-electron chi connectivity index (χ4n) is 2.83. The summed E-state index contributed by atoms with van der Waals surface area (Å²) in [6.07, 6.45) is 2.92.